The van der Waals surface area contributed by atoms with Gasteiger partial charge in [0.25, 0.3) is 5.91 Å². The second-order valence-corrected chi connectivity index (χ2v) is 6.63. The van der Waals surface area contributed by atoms with E-state index in [1.54, 1.807) is 11.3 Å². The largest absolute Gasteiger partial charge is 0.350 e. The first-order chi connectivity index (χ1) is 10.7. The van der Waals surface area contributed by atoms with Gasteiger partial charge < -0.3 is 10.3 Å². The highest BCUT2D eigenvalue weighted by Gasteiger charge is 2.22. The number of carbonyl (C=O) groups excluding carboxylic acids is 1. The molecular formula is C16H16N4OS. The number of carbonyl (C=O) groups is 1. The Morgan fingerprint density at radius 3 is 3.27 bits per heavy atom. The molecule has 3 aromatic rings. The lowest BCUT2D eigenvalue weighted by molar-refractivity contribution is 0.0929. The molecule has 0 bridgehead atoms. The van der Waals surface area contributed by atoms with E-state index in [1.807, 2.05) is 30.6 Å². The van der Waals surface area contributed by atoms with Crippen molar-refractivity contribution in [3.8, 4) is 0 Å². The third kappa shape index (κ3) is 2.39. The lowest BCUT2D eigenvalue weighted by Crippen LogP contribution is -2.39. The van der Waals surface area contributed by atoms with Gasteiger partial charge in [0.1, 0.15) is 11.5 Å². The molecule has 0 radical (unpaired) electrons. The number of nitrogens with zero attached hydrogens (tertiary/aromatic N) is 2. The summed E-state index contributed by atoms with van der Waals surface area (Å²) in [6.45, 7) is 1.91. The highest BCUT2D eigenvalue weighted by Crippen LogP contribution is 2.22. The molecule has 1 amide bonds. The average molecular weight is 312 g/mol. The van der Waals surface area contributed by atoms with Gasteiger partial charge in [-0.1, -0.05) is 0 Å². The zero-order valence-electron chi connectivity index (χ0n) is 12.2. The summed E-state index contributed by atoms with van der Waals surface area (Å²) in [6.07, 6.45) is 4.50. The molecule has 3 heterocycles. The van der Waals surface area contributed by atoms with Crippen LogP contribution in [0.4, 0.5) is 0 Å². The van der Waals surface area contributed by atoms with Gasteiger partial charge in [-0.3, -0.25) is 4.79 Å². The number of aromatic nitrogens is 3. The fraction of sp³-hybridized carbons (Fsp3) is 0.312. The van der Waals surface area contributed by atoms with E-state index < -0.39 is 0 Å². The summed E-state index contributed by atoms with van der Waals surface area (Å²) in [5.74, 6) is 0.776. The molecular weight excluding hydrogens is 296 g/mol. The Kier molecular flexibility index (Phi) is 3.18. The molecule has 1 aliphatic rings. The van der Waals surface area contributed by atoms with Crippen molar-refractivity contribution in [3.63, 3.8) is 0 Å². The smallest absolute Gasteiger partial charge is 0.267 e. The fourth-order valence-corrected chi connectivity index (χ4v) is 3.75. The molecule has 0 fully saturated rings. The molecule has 4 rings (SSSR count). The predicted molar refractivity (Wildman–Crippen MR) is 86.2 cm³/mol. The minimum Gasteiger partial charge on any atom is -0.350 e. The molecule has 0 unspecified atom stereocenters. The highest BCUT2D eigenvalue weighted by molar-refractivity contribution is 7.17. The topological polar surface area (TPSA) is 70.7 Å². The maximum Gasteiger partial charge on any atom is 0.267 e. The first-order valence-electron chi connectivity index (χ1n) is 7.37. The molecule has 22 heavy (non-hydrogen) atoms. The van der Waals surface area contributed by atoms with Gasteiger partial charge in [0.2, 0.25) is 0 Å². The fourth-order valence-electron chi connectivity index (χ4n) is 2.96. The number of thiophene rings is 1. The van der Waals surface area contributed by atoms with Crippen molar-refractivity contribution in [2.75, 3.05) is 0 Å². The van der Waals surface area contributed by atoms with Crippen LogP contribution in [0.5, 0.6) is 0 Å². The highest BCUT2D eigenvalue weighted by atomic mass is 32.1. The number of amides is 1. The molecule has 1 aliphatic carbocycles. The van der Waals surface area contributed by atoms with Gasteiger partial charge in [0, 0.05) is 17.9 Å². The van der Waals surface area contributed by atoms with E-state index in [2.05, 4.69) is 20.3 Å². The summed E-state index contributed by atoms with van der Waals surface area (Å²) >= 11 is 1.64. The van der Waals surface area contributed by atoms with Gasteiger partial charge in [0.15, 0.2) is 0 Å². The predicted octanol–water partition coefficient (Wildman–Crippen LogP) is 2.62. The molecule has 0 aliphatic heterocycles. The minimum atomic E-state index is -0.0371. The standard InChI is InChI=1S/C16H16N4OS/c1-9-17-8-10-6-11(2-3-12(10)18-9)19-16(21)14-7-15-13(20-14)4-5-22-15/h4-5,7-8,11,20H,2-3,6H2,1H3,(H,19,21)/t11-/m1/s1. The number of nitrogens with one attached hydrogen (secondary N) is 2. The Morgan fingerprint density at radius 2 is 2.41 bits per heavy atom. The average Bonchev–Trinajstić information content (AvgIpc) is 3.08. The van der Waals surface area contributed by atoms with Crippen LogP contribution in [-0.4, -0.2) is 26.9 Å². The molecule has 0 spiro atoms. The van der Waals surface area contributed by atoms with Crippen molar-refractivity contribution in [2.24, 2.45) is 0 Å². The van der Waals surface area contributed by atoms with E-state index in [1.165, 1.54) is 0 Å². The van der Waals surface area contributed by atoms with Gasteiger partial charge in [0.05, 0.1) is 10.2 Å². The van der Waals surface area contributed by atoms with Crippen molar-refractivity contribution in [1.29, 1.82) is 0 Å². The van der Waals surface area contributed by atoms with E-state index in [0.717, 1.165) is 46.6 Å². The second kappa shape index (κ2) is 5.21. The monoisotopic (exact) mass is 312 g/mol. The molecule has 0 saturated heterocycles. The van der Waals surface area contributed by atoms with Crippen LogP contribution in [0.3, 0.4) is 0 Å². The molecule has 5 nitrogen and oxygen atoms in total. The Hall–Kier alpha value is -2.21. The molecule has 112 valence electrons. The van der Waals surface area contributed by atoms with E-state index in [4.69, 9.17) is 0 Å². The maximum atomic E-state index is 12.4. The van der Waals surface area contributed by atoms with Gasteiger partial charge >= 0.3 is 0 Å². The number of fused-ring (bicyclic) bond motifs is 2. The summed E-state index contributed by atoms with van der Waals surface area (Å²) in [5.41, 5.74) is 3.92. The first-order valence-corrected chi connectivity index (χ1v) is 8.25. The van der Waals surface area contributed by atoms with Gasteiger partial charge in [-0.2, -0.15) is 0 Å². The van der Waals surface area contributed by atoms with Crippen molar-refractivity contribution >= 4 is 27.5 Å². The van der Waals surface area contributed by atoms with Crippen molar-refractivity contribution in [2.45, 2.75) is 32.2 Å². The normalized spacial score (nSPS) is 17.4. The molecule has 3 aromatic heterocycles. The van der Waals surface area contributed by atoms with E-state index in [9.17, 15) is 4.79 Å². The zero-order valence-corrected chi connectivity index (χ0v) is 13.0. The van der Waals surface area contributed by atoms with Crippen LogP contribution >= 0.6 is 11.3 Å². The van der Waals surface area contributed by atoms with Crippen LogP contribution in [0.15, 0.2) is 23.7 Å². The summed E-state index contributed by atoms with van der Waals surface area (Å²) in [5, 5.41) is 5.14. The lowest BCUT2D eigenvalue weighted by atomic mass is 9.92. The number of rotatable bonds is 2. The Balaban J connectivity index is 1.48. The Labute approximate surface area is 131 Å². The maximum absolute atomic E-state index is 12.4. The second-order valence-electron chi connectivity index (χ2n) is 5.68. The quantitative estimate of drug-likeness (QED) is 0.764. The number of aryl methyl sites for hydroxylation is 2. The van der Waals surface area contributed by atoms with Crippen LogP contribution in [-0.2, 0) is 12.8 Å². The number of H-pyrrole nitrogens is 1. The van der Waals surface area contributed by atoms with E-state index in [-0.39, 0.29) is 11.9 Å². The number of hydrogen-bond acceptors (Lipinski definition) is 4. The molecule has 2 N–H and O–H groups in total. The lowest BCUT2D eigenvalue weighted by Gasteiger charge is -2.24. The van der Waals surface area contributed by atoms with Gasteiger partial charge in [-0.25, -0.2) is 9.97 Å². The van der Waals surface area contributed by atoms with Crippen molar-refractivity contribution in [1.82, 2.24) is 20.3 Å². The van der Waals surface area contributed by atoms with Crippen LogP contribution in [0.1, 0.15) is 34.0 Å². The van der Waals surface area contributed by atoms with Crippen molar-refractivity contribution in [3.05, 3.63) is 46.5 Å². The van der Waals surface area contributed by atoms with Crippen LogP contribution in [0.2, 0.25) is 0 Å². The van der Waals surface area contributed by atoms with Crippen molar-refractivity contribution < 1.29 is 4.79 Å². The Morgan fingerprint density at radius 1 is 1.50 bits per heavy atom. The summed E-state index contributed by atoms with van der Waals surface area (Å²) in [7, 11) is 0. The molecule has 0 saturated carbocycles. The summed E-state index contributed by atoms with van der Waals surface area (Å²) in [4.78, 5) is 24.3. The number of aromatic amines is 1. The Bertz CT molecular complexity index is 822. The van der Waals surface area contributed by atoms with E-state index in [0.29, 0.717) is 5.69 Å². The van der Waals surface area contributed by atoms with Crippen LogP contribution in [0, 0.1) is 6.92 Å². The van der Waals surface area contributed by atoms with E-state index >= 15 is 0 Å². The first kappa shape index (κ1) is 13.5. The van der Waals surface area contributed by atoms with Crippen LogP contribution < -0.4 is 5.32 Å². The third-order valence-electron chi connectivity index (χ3n) is 4.09. The number of hydrogen-bond donors (Lipinski definition) is 2. The van der Waals surface area contributed by atoms with Crippen LogP contribution in [0.25, 0.3) is 10.2 Å². The zero-order chi connectivity index (χ0) is 15.1. The summed E-state index contributed by atoms with van der Waals surface area (Å²) < 4.78 is 1.11. The molecule has 1 atom stereocenters. The summed E-state index contributed by atoms with van der Waals surface area (Å²) in [6, 6.07) is 4.05. The third-order valence-corrected chi connectivity index (χ3v) is 4.95. The van der Waals surface area contributed by atoms with Gasteiger partial charge in [-0.15, -0.1) is 11.3 Å². The molecule has 0 aromatic carbocycles. The van der Waals surface area contributed by atoms with Gasteiger partial charge in [-0.05, 0) is 49.3 Å². The molecule has 6 heteroatoms. The SMILES string of the molecule is Cc1ncc2c(n1)CC[C@@H](NC(=O)c1cc3sccc3[nH]1)C2. The minimum absolute atomic E-state index is 0.0371.